The summed E-state index contributed by atoms with van der Waals surface area (Å²) >= 11 is 0. The first-order chi connectivity index (χ1) is 19.8. The summed E-state index contributed by atoms with van der Waals surface area (Å²) in [4.78, 5) is 26.4. The van der Waals surface area contributed by atoms with Gasteiger partial charge in [0.1, 0.15) is 11.1 Å². The third kappa shape index (κ3) is 4.58. The topological polar surface area (TPSA) is 122 Å². The van der Waals surface area contributed by atoms with E-state index in [2.05, 4.69) is 46.0 Å². The molecule has 6 heterocycles. The number of anilines is 1. The first-order valence-corrected chi connectivity index (χ1v) is 14.4. The van der Waals surface area contributed by atoms with Crippen LogP contribution in [-0.2, 0) is 10.3 Å². The number of carbonyl (C=O) groups is 1. The number of hydrogen-bond acceptors (Lipinski definition) is 8. The van der Waals surface area contributed by atoms with Crippen LogP contribution in [0.3, 0.4) is 0 Å². The Morgan fingerprint density at radius 1 is 1.05 bits per heavy atom. The zero-order valence-corrected chi connectivity index (χ0v) is 23.4. The maximum absolute atomic E-state index is 12.1. The minimum atomic E-state index is -1.12. The van der Waals surface area contributed by atoms with Crippen LogP contribution in [0, 0.1) is 0 Å². The molecule has 11 heteroatoms. The molecule has 1 aromatic carbocycles. The Morgan fingerprint density at radius 2 is 1.85 bits per heavy atom. The summed E-state index contributed by atoms with van der Waals surface area (Å²) in [5.41, 5.74) is 4.48. The van der Waals surface area contributed by atoms with Crippen LogP contribution in [0.1, 0.15) is 44.2 Å². The van der Waals surface area contributed by atoms with Crippen molar-refractivity contribution in [2.24, 2.45) is 0 Å². The van der Waals surface area contributed by atoms with Crippen molar-refractivity contribution in [3.63, 3.8) is 0 Å². The molecule has 214 valence electrons. The van der Waals surface area contributed by atoms with Crippen LogP contribution in [-0.4, -0.2) is 91.5 Å². The molecule has 2 N–H and O–H groups in total. The predicted octanol–water partition coefficient (Wildman–Crippen LogP) is 3.96. The number of rotatable bonds is 5. The molecule has 41 heavy (non-hydrogen) atoms. The molecule has 3 saturated heterocycles. The Labute approximate surface area is 238 Å². The lowest BCUT2D eigenvalue weighted by Crippen LogP contribution is -2.46. The Kier molecular flexibility index (Phi) is 6.33. The van der Waals surface area contributed by atoms with Crippen molar-refractivity contribution in [3.05, 3.63) is 48.5 Å². The molecule has 3 aromatic heterocycles. The van der Waals surface area contributed by atoms with Gasteiger partial charge in [-0.05, 0) is 76.5 Å². The summed E-state index contributed by atoms with van der Waals surface area (Å²) in [6.07, 6.45) is 10.1. The van der Waals surface area contributed by atoms with Gasteiger partial charge in [-0.25, -0.2) is 19.3 Å². The highest BCUT2D eigenvalue weighted by Gasteiger charge is 2.39. The van der Waals surface area contributed by atoms with Gasteiger partial charge in [0.15, 0.2) is 5.65 Å². The second-order valence-corrected chi connectivity index (χ2v) is 11.8. The molecule has 11 nitrogen and oxygen atoms in total. The number of piperidine rings is 1. The Hall–Kier alpha value is -3.80. The summed E-state index contributed by atoms with van der Waals surface area (Å²) in [7, 11) is 2.13. The number of ether oxygens (including phenoxy) is 1. The van der Waals surface area contributed by atoms with Gasteiger partial charge >= 0.3 is 6.09 Å². The highest BCUT2D eigenvalue weighted by Crippen LogP contribution is 2.38. The Morgan fingerprint density at radius 3 is 2.54 bits per heavy atom. The molecule has 3 aliphatic heterocycles. The van der Waals surface area contributed by atoms with Crippen LogP contribution >= 0.6 is 0 Å². The maximum atomic E-state index is 12.1. The van der Waals surface area contributed by atoms with Crippen molar-refractivity contribution in [1.82, 2.24) is 29.2 Å². The summed E-state index contributed by atoms with van der Waals surface area (Å²) in [5, 5.41) is 25.8. The van der Waals surface area contributed by atoms with E-state index in [-0.39, 0.29) is 18.9 Å². The summed E-state index contributed by atoms with van der Waals surface area (Å²) in [6.45, 7) is 5.72. The van der Waals surface area contributed by atoms with Crippen molar-refractivity contribution < 1.29 is 19.7 Å². The highest BCUT2D eigenvalue weighted by molar-refractivity contribution is 5.96. The molecule has 0 amide bonds. The lowest BCUT2D eigenvalue weighted by Gasteiger charge is -2.38. The molecule has 0 bridgehead atoms. The first-order valence-electron chi connectivity index (χ1n) is 14.4. The fourth-order valence-corrected chi connectivity index (χ4v) is 6.40. The van der Waals surface area contributed by atoms with E-state index >= 15 is 0 Å². The third-order valence-corrected chi connectivity index (χ3v) is 8.99. The number of fused-ring (bicyclic) bond motifs is 1. The molecule has 0 unspecified atom stereocenters. The van der Waals surface area contributed by atoms with Crippen LogP contribution < -0.4 is 4.90 Å². The molecule has 3 fully saturated rings. The van der Waals surface area contributed by atoms with E-state index in [1.807, 2.05) is 16.9 Å². The van der Waals surface area contributed by atoms with Gasteiger partial charge in [0.25, 0.3) is 0 Å². The zero-order valence-electron chi connectivity index (χ0n) is 23.4. The van der Waals surface area contributed by atoms with Gasteiger partial charge in [0.05, 0.1) is 37.3 Å². The van der Waals surface area contributed by atoms with Crippen molar-refractivity contribution in [2.75, 3.05) is 44.8 Å². The molecule has 0 saturated carbocycles. The summed E-state index contributed by atoms with van der Waals surface area (Å²) in [5.74, 6) is 0. The molecule has 0 spiro atoms. The predicted molar refractivity (Wildman–Crippen MR) is 154 cm³/mol. The fourth-order valence-electron chi connectivity index (χ4n) is 6.40. The van der Waals surface area contributed by atoms with Crippen molar-refractivity contribution >= 4 is 22.9 Å². The average Bonchev–Trinajstić information content (AvgIpc) is 3.70. The molecular weight excluding hydrogens is 522 g/mol. The molecule has 0 aliphatic carbocycles. The van der Waals surface area contributed by atoms with Crippen LogP contribution in [0.25, 0.3) is 33.5 Å². The lowest BCUT2D eigenvalue weighted by molar-refractivity contribution is -0.184. The number of benzene rings is 1. The van der Waals surface area contributed by atoms with Crippen LogP contribution in [0.2, 0.25) is 0 Å². The van der Waals surface area contributed by atoms with E-state index in [9.17, 15) is 15.0 Å². The number of aromatic nitrogens is 5. The van der Waals surface area contributed by atoms with E-state index in [4.69, 9.17) is 9.72 Å². The minimum absolute atomic E-state index is 0.253. The monoisotopic (exact) mass is 557 g/mol. The normalized spacial score (nSPS) is 21.4. The van der Waals surface area contributed by atoms with Crippen molar-refractivity contribution in [3.8, 4) is 22.4 Å². The smallest absolute Gasteiger partial charge is 0.417 e. The Balaban J connectivity index is 1.32. The van der Waals surface area contributed by atoms with Gasteiger partial charge in [-0.2, -0.15) is 5.10 Å². The second kappa shape index (κ2) is 9.93. The van der Waals surface area contributed by atoms with Crippen molar-refractivity contribution in [1.29, 1.82) is 0 Å². The van der Waals surface area contributed by atoms with Gasteiger partial charge in [-0.1, -0.05) is 0 Å². The summed E-state index contributed by atoms with van der Waals surface area (Å²) in [6, 6.07) is 6.81. The maximum Gasteiger partial charge on any atom is 0.417 e. The zero-order chi connectivity index (χ0) is 28.3. The van der Waals surface area contributed by atoms with Gasteiger partial charge in [-0.3, -0.25) is 4.68 Å². The van der Waals surface area contributed by atoms with E-state index < -0.39 is 11.7 Å². The average molecular weight is 558 g/mol. The number of carboxylic acid groups (broad SMARTS) is 1. The van der Waals surface area contributed by atoms with E-state index in [1.54, 1.807) is 18.6 Å². The van der Waals surface area contributed by atoms with Gasteiger partial charge < -0.3 is 24.7 Å². The first kappa shape index (κ1) is 26.1. The van der Waals surface area contributed by atoms with E-state index in [0.29, 0.717) is 28.9 Å². The largest absolute Gasteiger partial charge is 0.464 e. The Bertz CT molecular complexity index is 1620. The van der Waals surface area contributed by atoms with Crippen LogP contribution in [0.4, 0.5) is 10.5 Å². The summed E-state index contributed by atoms with van der Waals surface area (Å²) < 4.78 is 8.48. The van der Waals surface area contributed by atoms with Gasteiger partial charge in [-0.15, -0.1) is 0 Å². The quantitative estimate of drug-likeness (QED) is 0.375. The molecule has 4 aromatic rings. The number of hydrogen-bond donors (Lipinski definition) is 2. The standard InChI is InChI=1S/C30H35N7O4/c1-19-4-3-7-35(19)24-11-20(10-22(12-24)30(40)17-41-18-30)26-14-31-28-27(33-26)25(16-36(28)29(38)39)21-13-32-37(15-21)23-5-8-34(2)9-6-23/h10-16,19,23,40H,3-9,17-18H2,1-2H3,(H,38,39)/t19-/m1/s1. The molecule has 0 radical (unpaired) electrons. The SMILES string of the molecule is C[C@@H]1CCCN1c1cc(-c2cnc3c(n2)c(-c2cnn(C4CCN(C)CC4)c2)cn3C(=O)O)cc(C2(O)COC2)c1. The molecular formula is C30H35N7O4. The molecule has 7 rings (SSSR count). The second-order valence-electron chi connectivity index (χ2n) is 11.8. The molecule has 3 aliphatic rings. The highest BCUT2D eigenvalue weighted by atomic mass is 16.5. The van der Waals surface area contributed by atoms with Crippen molar-refractivity contribution in [2.45, 2.75) is 50.3 Å². The van der Waals surface area contributed by atoms with Gasteiger partial charge in [0, 0.05) is 47.4 Å². The van der Waals surface area contributed by atoms with E-state index in [1.165, 1.54) is 0 Å². The fraction of sp³-hybridized carbons (Fsp3) is 0.467. The molecule has 1 atom stereocenters. The number of nitrogens with zero attached hydrogens (tertiary/aromatic N) is 7. The van der Waals surface area contributed by atoms with Gasteiger partial charge in [0.2, 0.25) is 0 Å². The minimum Gasteiger partial charge on any atom is -0.464 e. The van der Waals surface area contributed by atoms with E-state index in [0.717, 1.165) is 72.3 Å². The number of aliphatic hydroxyl groups is 1. The number of likely N-dealkylation sites (tertiary alicyclic amines) is 1. The van der Waals surface area contributed by atoms with Crippen LogP contribution in [0.15, 0.2) is 43.0 Å². The lowest BCUT2D eigenvalue weighted by atomic mass is 9.89. The van der Waals surface area contributed by atoms with Crippen LogP contribution in [0.5, 0.6) is 0 Å². The third-order valence-electron chi connectivity index (χ3n) is 8.99.